The van der Waals surface area contributed by atoms with Gasteiger partial charge in [-0.3, -0.25) is 9.67 Å². The van der Waals surface area contributed by atoms with Crippen LogP contribution < -0.4 is 11.1 Å². The minimum Gasteiger partial charge on any atom is -0.394 e. The van der Waals surface area contributed by atoms with Crippen LogP contribution in [0.1, 0.15) is 36.6 Å². The Morgan fingerprint density at radius 3 is 2.74 bits per heavy atom. The largest absolute Gasteiger partial charge is 0.394 e. The van der Waals surface area contributed by atoms with E-state index in [2.05, 4.69) is 36.2 Å². The number of rotatable bonds is 4. The normalized spacial score (nSPS) is 11.0. The van der Waals surface area contributed by atoms with Crippen molar-refractivity contribution in [3.63, 3.8) is 0 Å². The SMILES string of the molecule is Cc1ccncc1CNc1c(N)c(C(C)C)nn1C. The summed E-state index contributed by atoms with van der Waals surface area (Å²) in [4.78, 5) is 4.14. The molecular formula is C14H21N5. The zero-order valence-corrected chi connectivity index (χ0v) is 11.9. The van der Waals surface area contributed by atoms with Crippen LogP contribution in [0.15, 0.2) is 18.5 Å². The van der Waals surface area contributed by atoms with Crippen LogP contribution in [0.5, 0.6) is 0 Å². The summed E-state index contributed by atoms with van der Waals surface area (Å²) in [5, 5.41) is 7.81. The molecule has 3 N–H and O–H groups in total. The Kier molecular flexibility index (Phi) is 3.74. The minimum atomic E-state index is 0.321. The van der Waals surface area contributed by atoms with Crippen molar-refractivity contribution >= 4 is 11.5 Å². The zero-order chi connectivity index (χ0) is 14.0. The van der Waals surface area contributed by atoms with Crippen LogP contribution in [0.3, 0.4) is 0 Å². The number of pyridine rings is 1. The van der Waals surface area contributed by atoms with E-state index in [0.717, 1.165) is 22.8 Å². The highest BCUT2D eigenvalue weighted by Crippen LogP contribution is 2.28. The third kappa shape index (κ3) is 2.70. The molecule has 0 saturated carbocycles. The average molecular weight is 259 g/mol. The molecule has 2 heterocycles. The second-order valence-electron chi connectivity index (χ2n) is 5.08. The van der Waals surface area contributed by atoms with Gasteiger partial charge >= 0.3 is 0 Å². The van der Waals surface area contributed by atoms with E-state index in [1.807, 2.05) is 19.3 Å². The molecule has 0 aliphatic carbocycles. The van der Waals surface area contributed by atoms with E-state index in [1.165, 1.54) is 5.56 Å². The highest BCUT2D eigenvalue weighted by molar-refractivity contribution is 5.65. The smallest absolute Gasteiger partial charge is 0.148 e. The molecular weight excluding hydrogens is 238 g/mol. The first-order chi connectivity index (χ1) is 9.00. The van der Waals surface area contributed by atoms with E-state index in [-0.39, 0.29) is 0 Å². The topological polar surface area (TPSA) is 68.8 Å². The average Bonchev–Trinajstić information content (AvgIpc) is 2.65. The van der Waals surface area contributed by atoms with Crippen LogP contribution in [0.4, 0.5) is 11.5 Å². The number of nitrogens with one attached hydrogen (secondary N) is 1. The minimum absolute atomic E-state index is 0.321. The molecule has 2 aromatic heterocycles. The van der Waals surface area contributed by atoms with Gasteiger partial charge in [0.05, 0.1) is 11.4 Å². The van der Waals surface area contributed by atoms with Crippen LogP contribution >= 0.6 is 0 Å². The molecule has 19 heavy (non-hydrogen) atoms. The molecule has 5 heteroatoms. The lowest BCUT2D eigenvalue weighted by atomic mass is 10.1. The standard InChI is InChI=1S/C14H21N5/c1-9(2)13-12(15)14(19(4)18-13)17-8-11-7-16-6-5-10(11)3/h5-7,9,17H,8,15H2,1-4H3. The van der Waals surface area contributed by atoms with Crippen molar-refractivity contribution in [3.05, 3.63) is 35.3 Å². The lowest BCUT2D eigenvalue weighted by Crippen LogP contribution is -2.07. The molecule has 0 radical (unpaired) electrons. The number of nitrogens with two attached hydrogens (primary N) is 1. The van der Waals surface area contributed by atoms with E-state index in [1.54, 1.807) is 10.9 Å². The van der Waals surface area contributed by atoms with Gasteiger partial charge in [-0.1, -0.05) is 13.8 Å². The van der Waals surface area contributed by atoms with Gasteiger partial charge in [0, 0.05) is 26.0 Å². The van der Waals surface area contributed by atoms with Crippen LogP contribution in [0.2, 0.25) is 0 Å². The summed E-state index contributed by atoms with van der Waals surface area (Å²) in [6, 6.07) is 2.00. The van der Waals surface area contributed by atoms with Gasteiger partial charge in [-0.2, -0.15) is 5.10 Å². The van der Waals surface area contributed by atoms with E-state index >= 15 is 0 Å². The van der Waals surface area contributed by atoms with Gasteiger partial charge in [-0.25, -0.2) is 0 Å². The van der Waals surface area contributed by atoms with Gasteiger partial charge in [0.1, 0.15) is 5.82 Å². The number of hydrogen-bond donors (Lipinski definition) is 2. The van der Waals surface area contributed by atoms with Gasteiger partial charge in [0.15, 0.2) is 0 Å². The molecule has 0 unspecified atom stereocenters. The zero-order valence-electron chi connectivity index (χ0n) is 11.9. The number of hydrogen-bond acceptors (Lipinski definition) is 4. The first-order valence-electron chi connectivity index (χ1n) is 6.46. The Balaban J connectivity index is 2.19. The summed E-state index contributed by atoms with van der Waals surface area (Å²) >= 11 is 0. The van der Waals surface area contributed by atoms with E-state index in [0.29, 0.717) is 12.5 Å². The fraction of sp³-hybridized carbons (Fsp3) is 0.429. The monoisotopic (exact) mass is 259 g/mol. The summed E-state index contributed by atoms with van der Waals surface area (Å²) in [6.07, 6.45) is 3.67. The van der Waals surface area contributed by atoms with Crippen LogP contribution in [0, 0.1) is 6.92 Å². The van der Waals surface area contributed by atoms with Crippen molar-refractivity contribution in [2.75, 3.05) is 11.1 Å². The number of nitrogen functional groups attached to an aromatic ring is 1. The summed E-state index contributed by atoms with van der Waals surface area (Å²) in [5.74, 6) is 1.19. The fourth-order valence-electron chi connectivity index (χ4n) is 2.06. The number of aromatic nitrogens is 3. The number of aryl methyl sites for hydroxylation is 2. The third-order valence-electron chi connectivity index (χ3n) is 3.25. The van der Waals surface area contributed by atoms with Crippen molar-refractivity contribution in [1.82, 2.24) is 14.8 Å². The summed E-state index contributed by atoms with van der Waals surface area (Å²) in [5.41, 5.74) is 10.2. The first kappa shape index (κ1) is 13.4. The second-order valence-corrected chi connectivity index (χ2v) is 5.08. The van der Waals surface area contributed by atoms with Gasteiger partial charge in [0.2, 0.25) is 0 Å². The molecule has 0 saturated heterocycles. The molecule has 0 aromatic carbocycles. The molecule has 0 aliphatic rings. The second kappa shape index (κ2) is 5.30. The number of anilines is 2. The Morgan fingerprint density at radius 1 is 1.42 bits per heavy atom. The maximum Gasteiger partial charge on any atom is 0.148 e. The fourth-order valence-corrected chi connectivity index (χ4v) is 2.06. The molecule has 0 amide bonds. The quantitative estimate of drug-likeness (QED) is 0.885. The van der Waals surface area contributed by atoms with Gasteiger partial charge in [-0.15, -0.1) is 0 Å². The van der Waals surface area contributed by atoms with Crippen molar-refractivity contribution < 1.29 is 0 Å². The molecule has 0 atom stereocenters. The lowest BCUT2D eigenvalue weighted by molar-refractivity contribution is 0.715. The van der Waals surface area contributed by atoms with Gasteiger partial charge < -0.3 is 11.1 Å². The van der Waals surface area contributed by atoms with Crippen molar-refractivity contribution in [2.24, 2.45) is 7.05 Å². The van der Waals surface area contributed by atoms with Gasteiger partial charge in [-0.05, 0) is 30.0 Å². The molecule has 0 fully saturated rings. The highest BCUT2D eigenvalue weighted by atomic mass is 15.3. The Labute approximate surface area is 113 Å². The third-order valence-corrected chi connectivity index (χ3v) is 3.25. The summed E-state index contributed by atoms with van der Waals surface area (Å²) in [7, 11) is 1.90. The Bertz CT molecular complexity index is 571. The lowest BCUT2D eigenvalue weighted by Gasteiger charge is -2.09. The molecule has 102 valence electrons. The number of nitrogens with zero attached hydrogens (tertiary/aromatic N) is 3. The van der Waals surface area contributed by atoms with Crippen LogP contribution in [0.25, 0.3) is 0 Å². The first-order valence-corrected chi connectivity index (χ1v) is 6.46. The van der Waals surface area contributed by atoms with Gasteiger partial charge in [0.25, 0.3) is 0 Å². The van der Waals surface area contributed by atoms with Crippen molar-refractivity contribution in [2.45, 2.75) is 33.2 Å². The summed E-state index contributed by atoms with van der Waals surface area (Å²) in [6.45, 7) is 6.95. The van der Waals surface area contributed by atoms with E-state index in [4.69, 9.17) is 5.73 Å². The summed E-state index contributed by atoms with van der Waals surface area (Å²) < 4.78 is 1.80. The Hall–Kier alpha value is -2.04. The predicted octanol–water partition coefficient (Wildman–Crippen LogP) is 2.44. The Morgan fingerprint density at radius 2 is 2.16 bits per heavy atom. The van der Waals surface area contributed by atoms with Crippen LogP contribution in [-0.4, -0.2) is 14.8 Å². The molecule has 0 bridgehead atoms. The molecule has 2 rings (SSSR count). The predicted molar refractivity (Wildman–Crippen MR) is 78.0 cm³/mol. The van der Waals surface area contributed by atoms with Crippen LogP contribution in [-0.2, 0) is 13.6 Å². The van der Waals surface area contributed by atoms with Crippen molar-refractivity contribution in [1.29, 1.82) is 0 Å². The molecule has 5 nitrogen and oxygen atoms in total. The molecule has 0 spiro atoms. The maximum absolute atomic E-state index is 6.15. The maximum atomic E-state index is 6.15. The van der Waals surface area contributed by atoms with Crippen molar-refractivity contribution in [3.8, 4) is 0 Å². The molecule has 2 aromatic rings. The highest BCUT2D eigenvalue weighted by Gasteiger charge is 2.15. The van der Waals surface area contributed by atoms with E-state index < -0.39 is 0 Å². The molecule has 0 aliphatic heterocycles. The van der Waals surface area contributed by atoms with E-state index in [9.17, 15) is 0 Å².